The Morgan fingerprint density at radius 3 is 2.47 bits per heavy atom. The number of carbonyl (C=O) groups is 1. The normalized spacial score (nSPS) is 14.3. The summed E-state index contributed by atoms with van der Waals surface area (Å²) < 4.78 is 7.34. The number of aromatic nitrogens is 4. The molecule has 0 radical (unpaired) electrons. The van der Waals surface area contributed by atoms with Crippen molar-refractivity contribution in [1.29, 1.82) is 0 Å². The van der Waals surface area contributed by atoms with Crippen LogP contribution in [-0.4, -0.2) is 75.2 Å². The average Bonchev–Trinajstić information content (AvgIpc) is 3.27. The topological polar surface area (TPSA) is 88.4 Å². The first kappa shape index (κ1) is 21.8. The highest BCUT2D eigenvalue weighted by atomic mass is 16.5. The Balaban J connectivity index is 1.20. The first-order valence-corrected chi connectivity index (χ1v) is 11.4. The maximum atomic E-state index is 12.7. The number of anilines is 1. The molecule has 0 saturated carbocycles. The molecule has 9 heteroatoms. The van der Waals surface area contributed by atoms with E-state index in [1.165, 1.54) is 0 Å². The number of hydrogen-bond donors (Lipinski definition) is 1. The van der Waals surface area contributed by atoms with Crippen LogP contribution in [0.25, 0.3) is 22.6 Å². The summed E-state index contributed by atoms with van der Waals surface area (Å²) in [5, 5.41) is 2.97. The molecule has 1 fully saturated rings. The van der Waals surface area contributed by atoms with Gasteiger partial charge >= 0.3 is 6.03 Å². The molecule has 1 aromatic carbocycles. The molecular formula is C25H27N7O2. The minimum atomic E-state index is -0.0745. The van der Waals surface area contributed by atoms with Gasteiger partial charge in [0, 0.05) is 69.1 Å². The minimum Gasteiger partial charge on any atom is -0.497 e. The van der Waals surface area contributed by atoms with E-state index < -0.39 is 0 Å². The molecule has 3 aromatic heterocycles. The zero-order chi connectivity index (χ0) is 23.3. The Morgan fingerprint density at radius 1 is 0.971 bits per heavy atom. The van der Waals surface area contributed by atoms with Crippen molar-refractivity contribution in [3.63, 3.8) is 0 Å². The van der Waals surface area contributed by atoms with Crippen molar-refractivity contribution >= 4 is 22.9 Å². The summed E-state index contributed by atoms with van der Waals surface area (Å²) in [6.45, 7) is 4.63. The molecule has 1 N–H and O–H groups in total. The highest BCUT2D eigenvalue weighted by Gasteiger charge is 2.22. The second-order valence-electron chi connectivity index (χ2n) is 8.16. The quantitative estimate of drug-likeness (QED) is 0.478. The smallest absolute Gasteiger partial charge is 0.321 e. The van der Waals surface area contributed by atoms with Crippen LogP contribution in [0.3, 0.4) is 0 Å². The number of carbonyl (C=O) groups excluding carboxylic acids is 1. The molecule has 174 valence electrons. The predicted octanol–water partition coefficient (Wildman–Crippen LogP) is 3.35. The molecule has 2 amide bonds. The molecule has 0 unspecified atom stereocenters. The van der Waals surface area contributed by atoms with Gasteiger partial charge in [-0.3, -0.25) is 9.88 Å². The molecule has 0 aliphatic carbocycles. The van der Waals surface area contributed by atoms with Gasteiger partial charge in [0.05, 0.1) is 7.11 Å². The second-order valence-corrected chi connectivity index (χ2v) is 8.16. The van der Waals surface area contributed by atoms with Crippen molar-refractivity contribution in [2.24, 2.45) is 0 Å². The Labute approximate surface area is 198 Å². The number of amides is 2. The van der Waals surface area contributed by atoms with E-state index in [0.717, 1.165) is 60.2 Å². The maximum absolute atomic E-state index is 12.7. The molecule has 1 aliphatic heterocycles. The van der Waals surface area contributed by atoms with Gasteiger partial charge in [-0.05, 0) is 48.5 Å². The highest BCUT2D eigenvalue weighted by Crippen LogP contribution is 2.23. The molecule has 9 nitrogen and oxygen atoms in total. The number of hydrogen-bond acceptors (Lipinski definition) is 6. The SMILES string of the molecule is COc1ccc(NC(=O)N2CCN(CCn3c(-c4ccncc4)nc4cccnc43)CC2)cc1. The van der Waals surface area contributed by atoms with Crippen LogP contribution in [0.1, 0.15) is 0 Å². The van der Waals surface area contributed by atoms with Crippen LogP contribution in [0.5, 0.6) is 5.75 Å². The summed E-state index contributed by atoms with van der Waals surface area (Å²) in [4.78, 5) is 30.4. The molecule has 4 aromatic rings. The van der Waals surface area contributed by atoms with E-state index in [4.69, 9.17) is 9.72 Å². The molecule has 1 aliphatic rings. The highest BCUT2D eigenvalue weighted by molar-refractivity contribution is 5.89. The third-order valence-electron chi connectivity index (χ3n) is 6.08. The number of imidazole rings is 1. The van der Waals surface area contributed by atoms with E-state index in [0.29, 0.717) is 13.1 Å². The van der Waals surface area contributed by atoms with Gasteiger partial charge in [-0.2, -0.15) is 0 Å². The monoisotopic (exact) mass is 457 g/mol. The molecule has 0 atom stereocenters. The lowest BCUT2D eigenvalue weighted by Gasteiger charge is -2.34. The lowest BCUT2D eigenvalue weighted by atomic mass is 10.2. The van der Waals surface area contributed by atoms with Crippen molar-refractivity contribution in [2.45, 2.75) is 6.54 Å². The summed E-state index contributed by atoms with van der Waals surface area (Å²) >= 11 is 0. The van der Waals surface area contributed by atoms with Gasteiger partial charge in [-0.25, -0.2) is 14.8 Å². The fourth-order valence-corrected chi connectivity index (χ4v) is 4.18. The van der Waals surface area contributed by atoms with Gasteiger partial charge in [0.2, 0.25) is 0 Å². The van der Waals surface area contributed by atoms with E-state index in [9.17, 15) is 4.79 Å². The lowest BCUT2D eigenvalue weighted by Crippen LogP contribution is -2.50. The maximum Gasteiger partial charge on any atom is 0.321 e. The molecular weight excluding hydrogens is 430 g/mol. The van der Waals surface area contributed by atoms with Gasteiger partial charge in [-0.1, -0.05) is 0 Å². The van der Waals surface area contributed by atoms with Gasteiger partial charge < -0.3 is 19.5 Å². The van der Waals surface area contributed by atoms with Crippen LogP contribution in [0.15, 0.2) is 67.1 Å². The summed E-state index contributed by atoms with van der Waals surface area (Å²) in [5.41, 5.74) is 3.55. The summed E-state index contributed by atoms with van der Waals surface area (Å²) in [6, 6.07) is 15.1. The molecule has 4 heterocycles. The number of ether oxygens (including phenoxy) is 1. The van der Waals surface area contributed by atoms with Crippen LogP contribution in [0.4, 0.5) is 10.5 Å². The molecule has 0 bridgehead atoms. The zero-order valence-electron chi connectivity index (χ0n) is 19.1. The number of fused-ring (bicyclic) bond motifs is 1. The molecule has 0 spiro atoms. The Bertz CT molecular complexity index is 1250. The summed E-state index contributed by atoms with van der Waals surface area (Å²) in [5.74, 6) is 1.66. The number of rotatable bonds is 6. The standard InChI is InChI=1S/C25H27N7O2/c1-34-21-6-4-20(5-7-21)28-25(33)31-16-13-30(14-17-31)15-18-32-23(19-8-11-26-12-9-19)29-22-3-2-10-27-24(22)32/h2-12H,13-18H2,1H3,(H,28,33). The van der Waals surface area contributed by atoms with E-state index in [1.54, 1.807) is 25.7 Å². The second kappa shape index (κ2) is 9.88. The Kier molecular flexibility index (Phi) is 6.35. The van der Waals surface area contributed by atoms with E-state index >= 15 is 0 Å². The molecule has 5 rings (SSSR count). The minimum absolute atomic E-state index is 0.0745. The number of piperazine rings is 1. The summed E-state index contributed by atoms with van der Waals surface area (Å²) in [6.07, 6.45) is 5.36. The molecule has 1 saturated heterocycles. The third kappa shape index (κ3) is 4.69. The van der Waals surface area contributed by atoms with Gasteiger partial charge in [0.25, 0.3) is 0 Å². The van der Waals surface area contributed by atoms with E-state index in [2.05, 4.69) is 24.8 Å². The number of nitrogens with zero attached hydrogens (tertiary/aromatic N) is 6. The zero-order valence-corrected chi connectivity index (χ0v) is 19.1. The fourth-order valence-electron chi connectivity index (χ4n) is 4.18. The number of benzene rings is 1. The third-order valence-corrected chi connectivity index (χ3v) is 6.08. The Morgan fingerprint density at radius 2 is 1.74 bits per heavy atom. The van der Waals surface area contributed by atoms with Gasteiger partial charge in [0.15, 0.2) is 5.65 Å². The fraction of sp³-hybridized carbons (Fsp3) is 0.280. The van der Waals surface area contributed by atoms with Crippen LogP contribution >= 0.6 is 0 Å². The van der Waals surface area contributed by atoms with Gasteiger partial charge in [-0.15, -0.1) is 0 Å². The van der Waals surface area contributed by atoms with Crippen LogP contribution in [-0.2, 0) is 6.54 Å². The van der Waals surface area contributed by atoms with E-state index in [-0.39, 0.29) is 6.03 Å². The predicted molar refractivity (Wildman–Crippen MR) is 131 cm³/mol. The first-order chi connectivity index (χ1) is 16.7. The largest absolute Gasteiger partial charge is 0.497 e. The number of nitrogens with one attached hydrogen (secondary N) is 1. The van der Waals surface area contributed by atoms with Crippen LogP contribution < -0.4 is 10.1 Å². The number of pyridine rings is 2. The average molecular weight is 458 g/mol. The van der Waals surface area contributed by atoms with Crippen molar-refractivity contribution in [1.82, 2.24) is 29.3 Å². The van der Waals surface area contributed by atoms with Crippen molar-refractivity contribution in [3.8, 4) is 17.1 Å². The summed E-state index contributed by atoms with van der Waals surface area (Å²) in [7, 11) is 1.62. The van der Waals surface area contributed by atoms with Crippen molar-refractivity contribution in [2.75, 3.05) is 45.2 Å². The Hall–Kier alpha value is -3.98. The van der Waals surface area contributed by atoms with Crippen LogP contribution in [0, 0.1) is 0 Å². The number of methoxy groups -OCH3 is 1. The molecule has 34 heavy (non-hydrogen) atoms. The van der Waals surface area contributed by atoms with Crippen LogP contribution in [0.2, 0.25) is 0 Å². The lowest BCUT2D eigenvalue weighted by molar-refractivity contribution is 0.145. The number of urea groups is 1. The van der Waals surface area contributed by atoms with Gasteiger partial charge in [0.1, 0.15) is 17.1 Å². The first-order valence-electron chi connectivity index (χ1n) is 11.4. The van der Waals surface area contributed by atoms with Crippen molar-refractivity contribution in [3.05, 3.63) is 67.1 Å². The van der Waals surface area contributed by atoms with Crippen molar-refractivity contribution < 1.29 is 9.53 Å². The van der Waals surface area contributed by atoms with E-state index in [1.807, 2.05) is 53.4 Å².